The number of benzene rings is 3. The number of aromatic amines is 1. The van der Waals surface area contributed by atoms with Gasteiger partial charge in [-0.2, -0.15) is 5.10 Å². The molecule has 5 nitrogen and oxygen atoms in total. The Kier molecular flexibility index (Phi) is 6.18. The maximum absolute atomic E-state index is 5.94. The van der Waals surface area contributed by atoms with Gasteiger partial charge in [0.15, 0.2) is 0 Å². The summed E-state index contributed by atoms with van der Waals surface area (Å²) >= 11 is 13.1. The van der Waals surface area contributed by atoms with E-state index in [1.54, 1.807) is 6.21 Å². The van der Waals surface area contributed by atoms with E-state index < -0.39 is 0 Å². The quantitative estimate of drug-likeness (QED) is 0.212. The fraction of sp³-hybridized carbons (Fsp3) is 0.0476. The van der Waals surface area contributed by atoms with Gasteiger partial charge in [-0.15, -0.1) is 0 Å². The molecule has 0 aliphatic carbocycles. The summed E-state index contributed by atoms with van der Waals surface area (Å²) in [7, 11) is 0. The number of aromatic nitrogens is 2. The van der Waals surface area contributed by atoms with E-state index in [1.165, 1.54) is 0 Å². The zero-order valence-electron chi connectivity index (χ0n) is 15.0. The van der Waals surface area contributed by atoms with E-state index in [-0.39, 0.29) is 0 Å². The van der Waals surface area contributed by atoms with Crippen molar-refractivity contribution in [2.24, 2.45) is 5.10 Å². The normalized spacial score (nSPS) is 11.3. The second kappa shape index (κ2) is 8.98. The number of para-hydroxylation sites is 2. The molecule has 0 saturated carbocycles. The third-order valence-corrected chi connectivity index (χ3v) is 5.52. The first-order chi connectivity index (χ1) is 14.1. The lowest BCUT2D eigenvalue weighted by Crippen LogP contribution is -1.98. The van der Waals surface area contributed by atoms with Crippen molar-refractivity contribution in [2.45, 2.75) is 6.61 Å². The van der Waals surface area contributed by atoms with Gasteiger partial charge in [0.25, 0.3) is 0 Å². The number of anilines is 1. The van der Waals surface area contributed by atoms with Crippen molar-refractivity contribution < 1.29 is 4.74 Å². The molecule has 1 heterocycles. The molecule has 2 N–H and O–H groups in total. The summed E-state index contributed by atoms with van der Waals surface area (Å²) < 4.78 is 7.59. The topological polar surface area (TPSA) is 62.3 Å². The number of H-pyrrole nitrogens is 1. The minimum Gasteiger partial charge on any atom is -0.487 e. The largest absolute Gasteiger partial charge is 0.487 e. The summed E-state index contributed by atoms with van der Waals surface area (Å²) in [5.41, 5.74) is 6.69. The molecule has 4 rings (SSSR count). The van der Waals surface area contributed by atoms with Crippen LogP contribution >= 0.6 is 43.5 Å². The van der Waals surface area contributed by atoms with Gasteiger partial charge in [0.05, 0.1) is 26.2 Å². The molecular weight excluding hydrogens is 520 g/mol. The smallest absolute Gasteiger partial charge is 0.222 e. The summed E-state index contributed by atoms with van der Waals surface area (Å²) in [6.07, 6.45) is 1.71. The molecule has 0 amide bonds. The van der Waals surface area contributed by atoms with Crippen LogP contribution in [0.2, 0.25) is 5.02 Å². The minimum atomic E-state index is 0.440. The summed E-state index contributed by atoms with van der Waals surface area (Å²) in [5, 5.41) is 4.96. The Morgan fingerprint density at radius 2 is 1.79 bits per heavy atom. The molecule has 0 unspecified atom stereocenters. The van der Waals surface area contributed by atoms with E-state index in [0.717, 1.165) is 36.9 Å². The molecule has 8 heteroatoms. The summed E-state index contributed by atoms with van der Waals surface area (Å²) in [5.74, 6) is 1.31. The molecule has 29 heavy (non-hydrogen) atoms. The second-order valence-electron chi connectivity index (χ2n) is 6.20. The molecule has 146 valence electrons. The van der Waals surface area contributed by atoms with Gasteiger partial charge in [-0.25, -0.2) is 10.4 Å². The number of hydrazone groups is 1. The van der Waals surface area contributed by atoms with Gasteiger partial charge in [0.1, 0.15) is 12.4 Å². The maximum atomic E-state index is 5.94. The summed E-state index contributed by atoms with van der Waals surface area (Å²) in [6.45, 7) is 0.440. The predicted octanol–water partition coefficient (Wildman–Crippen LogP) is 6.77. The van der Waals surface area contributed by atoms with Crippen LogP contribution in [0.1, 0.15) is 11.1 Å². The standard InChI is InChI=1S/C21H15Br2ClN4O/c22-16-9-14(11-25-28-21-26-18-3-1-2-4-19(18)27-21)10-17(23)20(16)29-12-13-5-7-15(24)8-6-13/h1-11H,12H2,(H2,26,27,28)/b25-11+. The lowest BCUT2D eigenvalue weighted by molar-refractivity contribution is 0.302. The fourth-order valence-corrected chi connectivity index (χ4v) is 4.28. The number of halogens is 3. The Morgan fingerprint density at radius 1 is 1.07 bits per heavy atom. The lowest BCUT2D eigenvalue weighted by atomic mass is 10.2. The van der Waals surface area contributed by atoms with Crippen molar-refractivity contribution >= 4 is 66.7 Å². The molecule has 0 aliphatic rings. The Balaban J connectivity index is 1.43. The third kappa shape index (κ3) is 4.98. The zero-order chi connectivity index (χ0) is 20.2. The zero-order valence-corrected chi connectivity index (χ0v) is 18.9. The first-order valence-electron chi connectivity index (χ1n) is 8.68. The second-order valence-corrected chi connectivity index (χ2v) is 8.35. The molecule has 0 radical (unpaired) electrons. The van der Waals surface area contributed by atoms with Crippen LogP contribution in [0.15, 0.2) is 74.7 Å². The van der Waals surface area contributed by atoms with Gasteiger partial charge < -0.3 is 9.72 Å². The van der Waals surface area contributed by atoms with E-state index in [4.69, 9.17) is 16.3 Å². The third-order valence-electron chi connectivity index (χ3n) is 4.09. The highest BCUT2D eigenvalue weighted by Gasteiger charge is 2.09. The molecule has 0 saturated heterocycles. The van der Waals surface area contributed by atoms with Crippen molar-refractivity contribution in [2.75, 3.05) is 5.43 Å². The van der Waals surface area contributed by atoms with Crippen LogP contribution < -0.4 is 10.2 Å². The van der Waals surface area contributed by atoms with Gasteiger partial charge in [-0.1, -0.05) is 35.9 Å². The van der Waals surface area contributed by atoms with Crippen molar-refractivity contribution in [3.63, 3.8) is 0 Å². The van der Waals surface area contributed by atoms with Crippen molar-refractivity contribution in [3.05, 3.63) is 85.8 Å². The lowest BCUT2D eigenvalue weighted by Gasteiger charge is -2.11. The van der Waals surface area contributed by atoms with Crippen LogP contribution in [-0.2, 0) is 6.61 Å². The van der Waals surface area contributed by atoms with Gasteiger partial charge in [0, 0.05) is 5.02 Å². The van der Waals surface area contributed by atoms with E-state index in [9.17, 15) is 0 Å². The number of hydrogen-bond acceptors (Lipinski definition) is 4. The van der Waals surface area contributed by atoms with E-state index in [1.807, 2.05) is 60.7 Å². The van der Waals surface area contributed by atoms with Crippen LogP contribution in [0.3, 0.4) is 0 Å². The van der Waals surface area contributed by atoms with Crippen LogP contribution in [0.4, 0.5) is 5.95 Å². The molecular formula is C21H15Br2ClN4O. The first-order valence-corrected chi connectivity index (χ1v) is 10.6. The van der Waals surface area contributed by atoms with E-state index >= 15 is 0 Å². The molecule has 1 aromatic heterocycles. The van der Waals surface area contributed by atoms with Gasteiger partial charge in [0.2, 0.25) is 5.95 Å². The molecule has 0 spiro atoms. The van der Waals surface area contributed by atoms with Crippen molar-refractivity contribution in [1.29, 1.82) is 0 Å². The summed E-state index contributed by atoms with van der Waals surface area (Å²) in [4.78, 5) is 7.59. The number of imidazole rings is 1. The molecule has 4 aromatic rings. The van der Waals surface area contributed by atoms with Crippen LogP contribution in [0, 0.1) is 0 Å². The van der Waals surface area contributed by atoms with Gasteiger partial charge in [-0.05, 0) is 79.4 Å². The number of hydrogen-bond donors (Lipinski definition) is 2. The van der Waals surface area contributed by atoms with Crippen LogP contribution in [-0.4, -0.2) is 16.2 Å². The Hall–Kier alpha value is -2.35. The Bertz CT molecular complexity index is 1120. The number of nitrogens with zero attached hydrogens (tertiary/aromatic N) is 2. The highest BCUT2D eigenvalue weighted by Crippen LogP contribution is 2.35. The molecule has 0 atom stereocenters. The molecule has 0 aliphatic heterocycles. The number of fused-ring (bicyclic) bond motifs is 1. The average Bonchev–Trinajstić information content (AvgIpc) is 3.11. The first kappa shape index (κ1) is 19.9. The number of nitrogens with one attached hydrogen (secondary N) is 2. The SMILES string of the molecule is Clc1ccc(COc2c(Br)cc(/C=N/Nc3nc4ccccc4[nH]3)cc2Br)cc1. The van der Waals surface area contributed by atoms with Gasteiger partial charge >= 0.3 is 0 Å². The van der Waals surface area contributed by atoms with E-state index in [2.05, 4.69) is 52.4 Å². The Labute approximate surface area is 189 Å². The van der Waals surface area contributed by atoms with Crippen molar-refractivity contribution in [3.8, 4) is 5.75 Å². The average molecular weight is 535 g/mol. The highest BCUT2D eigenvalue weighted by molar-refractivity contribution is 9.11. The molecule has 0 fully saturated rings. The van der Waals surface area contributed by atoms with Crippen molar-refractivity contribution in [1.82, 2.24) is 9.97 Å². The monoisotopic (exact) mass is 532 g/mol. The predicted molar refractivity (Wildman–Crippen MR) is 125 cm³/mol. The van der Waals surface area contributed by atoms with Crippen LogP contribution in [0.25, 0.3) is 11.0 Å². The van der Waals surface area contributed by atoms with Crippen LogP contribution in [0.5, 0.6) is 5.75 Å². The highest BCUT2D eigenvalue weighted by atomic mass is 79.9. The Morgan fingerprint density at radius 3 is 2.52 bits per heavy atom. The molecule has 3 aromatic carbocycles. The number of ether oxygens (including phenoxy) is 1. The number of rotatable bonds is 6. The maximum Gasteiger partial charge on any atom is 0.222 e. The summed E-state index contributed by atoms with van der Waals surface area (Å²) in [6, 6.07) is 19.3. The molecule has 0 bridgehead atoms. The minimum absolute atomic E-state index is 0.440. The van der Waals surface area contributed by atoms with E-state index in [0.29, 0.717) is 17.6 Å². The van der Waals surface area contributed by atoms with Gasteiger partial charge in [-0.3, -0.25) is 0 Å². The fourth-order valence-electron chi connectivity index (χ4n) is 2.70.